The highest BCUT2D eigenvalue weighted by Gasteiger charge is 2.05. The Kier molecular flexibility index (Phi) is 3.00. The van der Waals surface area contributed by atoms with Crippen LogP contribution in [0.3, 0.4) is 0 Å². The molecule has 0 spiro atoms. The van der Waals surface area contributed by atoms with E-state index in [0.29, 0.717) is 6.54 Å². The van der Waals surface area contributed by atoms with E-state index in [1.807, 2.05) is 47.3 Å². The lowest BCUT2D eigenvalue weighted by Gasteiger charge is -1.93. The first kappa shape index (κ1) is 12.8. The van der Waals surface area contributed by atoms with Crippen molar-refractivity contribution in [2.45, 2.75) is 13.5 Å². The highest BCUT2D eigenvalue weighted by atomic mass is 15.0. The number of aryl methyl sites for hydroxylation is 1. The molecule has 0 amide bonds. The minimum absolute atomic E-state index is 0.584. The number of benzene rings is 1. The van der Waals surface area contributed by atoms with E-state index in [4.69, 9.17) is 0 Å². The number of para-hydroxylation sites is 1. The Labute approximate surface area is 128 Å². The number of fused-ring (bicyclic) bond motifs is 2. The fourth-order valence-corrected chi connectivity index (χ4v) is 2.76. The lowest BCUT2D eigenvalue weighted by Crippen LogP contribution is -1.86. The molecule has 0 saturated heterocycles. The number of pyridine rings is 1. The number of nitrogens with one attached hydrogen (secondary N) is 1. The molecule has 1 N–H and O–H groups in total. The number of hydrogen-bond acceptors (Lipinski definition) is 2. The van der Waals surface area contributed by atoms with Gasteiger partial charge in [-0.3, -0.25) is 4.99 Å². The molecule has 3 heterocycles. The van der Waals surface area contributed by atoms with Gasteiger partial charge in [0.1, 0.15) is 5.65 Å². The summed E-state index contributed by atoms with van der Waals surface area (Å²) in [5.74, 6) is 0. The summed E-state index contributed by atoms with van der Waals surface area (Å²) in [5.41, 5.74) is 5.37. The second-order valence-corrected chi connectivity index (χ2v) is 5.38. The molecule has 4 nitrogen and oxygen atoms in total. The lowest BCUT2D eigenvalue weighted by molar-refractivity contribution is 1.02. The van der Waals surface area contributed by atoms with Gasteiger partial charge in [0, 0.05) is 40.8 Å². The molecule has 0 unspecified atom stereocenters. The van der Waals surface area contributed by atoms with Gasteiger partial charge < -0.3 is 9.38 Å². The Balaban J connectivity index is 1.62. The van der Waals surface area contributed by atoms with Gasteiger partial charge in [-0.15, -0.1) is 0 Å². The first-order valence-corrected chi connectivity index (χ1v) is 7.31. The highest BCUT2D eigenvalue weighted by molar-refractivity contribution is 6.00. The molecule has 0 radical (unpaired) electrons. The minimum atomic E-state index is 0.584. The summed E-state index contributed by atoms with van der Waals surface area (Å²) in [7, 11) is 0. The summed E-state index contributed by atoms with van der Waals surface area (Å²) in [6, 6.07) is 14.3. The van der Waals surface area contributed by atoms with Gasteiger partial charge in [0.25, 0.3) is 0 Å². The predicted octanol–water partition coefficient (Wildman–Crippen LogP) is 3.74. The zero-order valence-corrected chi connectivity index (χ0v) is 12.3. The first-order chi connectivity index (χ1) is 10.8. The molecule has 22 heavy (non-hydrogen) atoms. The van der Waals surface area contributed by atoms with E-state index < -0.39 is 0 Å². The predicted molar refractivity (Wildman–Crippen MR) is 89.5 cm³/mol. The Morgan fingerprint density at radius 3 is 2.95 bits per heavy atom. The number of rotatable bonds is 3. The largest absolute Gasteiger partial charge is 0.358 e. The normalized spacial score (nSPS) is 11.9. The third-order valence-corrected chi connectivity index (χ3v) is 3.83. The van der Waals surface area contributed by atoms with Crippen molar-refractivity contribution in [3.8, 4) is 0 Å². The average molecular weight is 288 g/mol. The van der Waals surface area contributed by atoms with Crippen LogP contribution in [0.5, 0.6) is 0 Å². The number of aromatic amines is 1. The number of aromatic nitrogens is 3. The number of hydrogen-bond donors (Lipinski definition) is 1. The molecule has 0 aliphatic heterocycles. The van der Waals surface area contributed by atoms with E-state index in [0.717, 1.165) is 28.1 Å². The smallest absolute Gasteiger partial charge is 0.137 e. The zero-order valence-electron chi connectivity index (χ0n) is 12.3. The molecular weight excluding hydrogens is 272 g/mol. The summed E-state index contributed by atoms with van der Waals surface area (Å²) in [6.07, 6.45) is 5.96. The number of H-pyrrole nitrogens is 1. The fourth-order valence-electron chi connectivity index (χ4n) is 2.76. The van der Waals surface area contributed by atoms with Gasteiger partial charge in [-0.2, -0.15) is 0 Å². The van der Waals surface area contributed by atoms with Crippen molar-refractivity contribution >= 4 is 22.8 Å². The second-order valence-electron chi connectivity index (χ2n) is 5.38. The maximum atomic E-state index is 4.57. The Bertz CT molecular complexity index is 942. The number of imidazole rings is 1. The summed E-state index contributed by atoms with van der Waals surface area (Å²) in [4.78, 5) is 12.5. The summed E-state index contributed by atoms with van der Waals surface area (Å²) in [5, 5.41) is 1.21. The zero-order chi connectivity index (χ0) is 14.9. The fraction of sp³-hybridized carbons (Fsp3) is 0.111. The molecule has 0 atom stereocenters. The van der Waals surface area contributed by atoms with E-state index in [2.05, 4.69) is 40.1 Å². The highest BCUT2D eigenvalue weighted by Crippen LogP contribution is 2.20. The third-order valence-electron chi connectivity index (χ3n) is 3.83. The van der Waals surface area contributed by atoms with Crippen LogP contribution < -0.4 is 0 Å². The molecule has 1 aromatic carbocycles. The SMILES string of the molecule is Cc1[nH]c2ccccc2c1C=NCc1cn2ccccc2n1. The van der Waals surface area contributed by atoms with Gasteiger partial charge in [-0.25, -0.2) is 4.98 Å². The molecule has 4 rings (SSSR count). The monoisotopic (exact) mass is 288 g/mol. The van der Waals surface area contributed by atoms with Crippen LogP contribution in [-0.2, 0) is 6.54 Å². The van der Waals surface area contributed by atoms with Gasteiger partial charge in [-0.1, -0.05) is 24.3 Å². The summed E-state index contributed by atoms with van der Waals surface area (Å²) < 4.78 is 2.02. The summed E-state index contributed by atoms with van der Waals surface area (Å²) >= 11 is 0. The summed E-state index contributed by atoms with van der Waals surface area (Å²) in [6.45, 7) is 2.66. The van der Waals surface area contributed by atoms with Crippen molar-refractivity contribution in [2.24, 2.45) is 4.99 Å². The van der Waals surface area contributed by atoms with Crippen LogP contribution >= 0.6 is 0 Å². The van der Waals surface area contributed by atoms with Crippen LogP contribution in [0.1, 0.15) is 17.0 Å². The van der Waals surface area contributed by atoms with Crippen LogP contribution in [0.25, 0.3) is 16.6 Å². The van der Waals surface area contributed by atoms with Gasteiger partial charge in [0.15, 0.2) is 0 Å². The average Bonchev–Trinajstić information content (AvgIpc) is 3.08. The van der Waals surface area contributed by atoms with Crippen LogP contribution in [0.2, 0.25) is 0 Å². The van der Waals surface area contributed by atoms with Crippen molar-refractivity contribution in [1.29, 1.82) is 0 Å². The topological polar surface area (TPSA) is 45.5 Å². The molecule has 3 aromatic heterocycles. The van der Waals surface area contributed by atoms with Crippen LogP contribution in [0, 0.1) is 6.92 Å². The number of nitrogens with zero attached hydrogens (tertiary/aromatic N) is 3. The van der Waals surface area contributed by atoms with E-state index in [9.17, 15) is 0 Å². The maximum absolute atomic E-state index is 4.57. The third kappa shape index (κ3) is 2.19. The Morgan fingerprint density at radius 2 is 2.05 bits per heavy atom. The van der Waals surface area contributed by atoms with Crippen molar-refractivity contribution in [2.75, 3.05) is 0 Å². The van der Waals surface area contributed by atoms with Crippen molar-refractivity contribution in [3.05, 3.63) is 71.8 Å². The second kappa shape index (κ2) is 5.15. The molecule has 0 aliphatic rings. The van der Waals surface area contributed by atoms with Gasteiger partial charge in [0.2, 0.25) is 0 Å². The minimum Gasteiger partial charge on any atom is -0.358 e. The molecule has 0 aliphatic carbocycles. The molecular formula is C18H16N4. The number of aliphatic imine (C=N–C) groups is 1. The van der Waals surface area contributed by atoms with E-state index in [-0.39, 0.29) is 0 Å². The standard InChI is InChI=1S/C18H16N4/c1-13-16(15-6-2-3-7-17(15)20-13)11-19-10-14-12-22-9-5-4-8-18(22)21-14/h2-9,11-12,20H,10H2,1H3. The van der Waals surface area contributed by atoms with Crippen molar-refractivity contribution in [1.82, 2.24) is 14.4 Å². The Hall–Kier alpha value is -2.88. The van der Waals surface area contributed by atoms with Crippen molar-refractivity contribution < 1.29 is 0 Å². The molecule has 0 bridgehead atoms. The molecule has 108 valence electrons. The lowest BCUT2D eigenvalue weighted by atomic mass is 10.1. The molecule has 4 heteroatoms. The van der Waals surface area contributed by atoms with E-state index in [1.54, 1.807) is 0 Å². The van der Waals surface area contributed by atoms with Crippen LogP contribution in [-0.4, -0.2) is 20.6 Å². The van der Waals surface area contributed by atoms with E-state index in [1.165, 1.54) is 5.39 Å². The quantitative estimate of drug-likeness (QED) is 0.573. The van der Waals surface area contributed by atoms with Gasteiger partial charge in [-0.05, 0) is 25.1 Å². The Morgan fingerprint density at radius 1 is 1.18 bits per heavy atom. The molecule has 4 aromatic rings. The maximum Gasteiger partial charge on any atom is 0.137 e. The molecule has 0 fully saturated rings. The van der Waals surface area contributed by atoms with Gasteiger partial charge >= 0.3 is 0 Å². The van der Waals surface area contributed by atoms with Gasteiger partial charge in [0.05, 0.1) is 12.2 Å². The van der Waals surface area contributed by atoms with Crippen molar-refractivity contribution in [3.63, 3.8) is 0 Å². The van der Waals surface area contributed by atoms with Crippen LogP contribution in [0.15, 0.2) is 59.9 Å². The first-order valence-electron chi connectivity index (χ1n) is 7.31. The molecule has 0 saturated carbocycles. The van der Waals surface area contributed by atoms with E-state index >= 15 is 0 Å². The van der Waals surface area contributed by atoms with Crippen LogP contribution in [0.4, 0.5) is 0 Å².